The molecule has 0 spiro atoms. The summed E-state index contributed by atoms with van der Waals surface area (Å²) >= 11 is 0.897. The van der Waals surface area contributed by atoms with Crippen LogP contribution in [0.5, 0.6) is 0 Å². The third-order valence-corrected chi connectivity index (χ3v) is 6.45. The number of halogens is 1. The number of carbonyl (C=O) groups is 3. The molecule has 2 aromatic carbocycles. The molecule has 0 aliphatic carbocycles. The van der Waals surface area contributed by atoms with Gasteiger partial charge in [0.25, 0.3) is 5.78 Å². The van der Waals surface area contributed by atoms with E-state index in [1.54, 1.807) is 31.2 Å². The Hall–Kier alpha value is -3.85. The molecule has 0 radical (unpaired) electrons. The molecule has 0 unspecified atom stereocenters. The third-order valence-electron chi connectivity index (χ3n) is 5.32. The van der Waals surface area contributed by atoms with Crippen molar-refractivity contribution in [3.63, 3.8) is 0 Å². The van der Waals surface area contributed by atoms with Crippen LogP contribution >= 0.6 is 11.3 Å². The number of aryl methyl sites for hydroxylation is 2. The van der Waals surface area contributed by atoms with Crippen molar-refractivity contribution >= 4 is 39.9 Å². The van der Waals surface area contributed by atoms with Crippen LogP contribution in [0.4, 0.5) is 9.52 Å². The fourth-order valence-electron chi connectivity index (χ4n) is 3.62. The van der Waals surface area contributed by atoms with Crippen molar-refractivity contribution in [1.29, 1.82) is 0 Å². The normalized spacial score (nSPS) is 17.5. The number of rotatable bonds is 4. The number of ketones is 1. The number of nitrogens with zero attached hydrogens (tertiary/aromatic N) is 2. The predicted molar refractivity (Wildman–Crippen MR) is 121 cm³/mol. The molecule has 1 aliphatic rings. The lowest BCUT2D eigenvalue weighted by Crippen LogP contribution is -2.29. The fraction of sp³-hybridized carbons (Fsp3) is 0.167. The summed E-state index contributed by atoms with van der Waals surface area (Å²) in [7, 11) is 1.23. The van der Waals surface area contributed by atoms with Gasteiger partial charge in [-0.1, -0.05) is 53.3 Å². The number of aliphatic hydroxyl groups is 1. The summed E-state index contributed by atoms with van der Waals surface area (Å²) in [6, 6.07) is 11.0. The molecular formula is C24H19FN2O5S. The highest BCUT2D eigenvalue weighted by molar-refractivity contribution is 7.17. The molecule has 1 fully saturated rings. The minimum Gasteiger partial charge on any atom is -0.507 e. The van der Waals surface area contributed by atoms with Gasteiger partial charge in [0.05, 0.1) is 24.4 Å². The van der Waals surface area contributed by atoms with Gasteiger partial charge in [-0.15, -0.1) is 0 Å². The molecular weight excluding hydrogens is 447 g/mol. The van der Waals surface area contributed by atoms with Crippen molar-refractivity contribution in [3.8, 4) is 0 Å². The third kappa shape index (κ3) is 3.91. The molecule has 1 saturated heterocycles. The second-order valence-electron chi connectivity index (χ2n) is 7.49. The number of aromatic nitrogens is 1. The Bertz CT molecular complexity index is 1300. The Morgan fingerprint density at radius 1 is 1.09 bits per heavy atom. The quantitative estimate of drug-likeness (QED) is 0.266. The molecule has 1 amide bonds. The van der Waals surface area contributed by atoms with Crippen LogP contribution in [0.15, 0.2) is 54.1 Å². The zero-order chi connectivity index (χ0) is 23.9. The van der Waals surface area contributed by atoms with Gasteiger partial charge in [-0.05, 0) is 31.5 Å². The van der Waals surface area contributed by atoms with Gasteiger partial charge in [0.15, 0.2) is 5.13 Å². The second-order valence-corrected chi connectivity index (χ2v) is 8.47. The molecule has 4 rings (SSSR count). The molecule has 1 atom stereocenters. The molecule has 3 aromatic rings. The summed E-state index contributed by atoms with van der Waals surface area (Å²) in [6.07, 6.45) is 0. The summed E-state index contributed by atoms with van der Waals surface area (Å²) in [5.41, 5.74) is 1.90. The SMILES string of the molecule is COC(=O)c1sc(N2C(=O)C(=O)C(=C(O)c3ccc(C)cc3)[C@H]2c2ccc(F)cc2)nc1C. The van der Waals surface area contributed by atoms with Crippen LogP contribution in [0.25, 0.3) is 5.76 Å². The number of thiazole rings is 1. The topological polar surface area (TPSA) is 96.8 Å². The van der Waals surface area contributed by atoms with E-state index in [1.165, 1.54) is 31.4 Å². The fourth-order valence-corrected chi connectivity index (χ4v) is 4.64. The van der Waals surface area contributed by atoms with Crippen molar-refractivity contribution in [2.45, 2.75) is 19.9 Å². The van der Waals surface area contributed by atoms with Crippen LogP contribution in [0.1, 0.15) is 38.1 Å². The van der Waals surface area contributed by atoms with Gasteiger partial charge < -0.3 is 9.84 Å². The second kappa shape index (κ2) is 8.59. The molecule has 0 bridgehead atoms. The number of carbonyl (C=O) groups excluding carboxylic acids is 3. The molecule has 1 aromatic heterocycles. The van der Waals surface area contributed by atoms with Gasteiger partial charge in [-0.2, -0.15) is 0 Å². The van der Waals surface area contributed by atoms with Gasteiger partial charge in [-0.3, -0.25) is 14.5 Å². The van der Waals surface area contributed by atoms with Gasteiger partial charge in [0.2, 0.25) is 0 Å². The van der Waals surface area contributed by atoms with Gasteiger partial charge in [-0.25, -0.2) is 14.2 Å². The molecule has 1 aliphatic heterocycles. The minimum atomic E-state index is -1.07. The van der Waals surface area contributed by atoms with E-state index in [0.717, 1.165) is 21.8 Å². The first-order valence-corrected chi connectivity index (χ1v) is 10.7. The number of benzene rings is 2. The molecule has 0 saturated carbocycles. The highest BCUT2D eigenvalue weighted by Gasteiger charge is 2.48. The first-order valence-electron chi connectivity index (χ1n) is 9.92. The largest absolute Gasteiger partial charge is 0.507 e. The van der Waals surface area contributed by atoms with E-state index in [0.29, 0.717) is 16.8 Å². The van der Waals surface area contributed by atoms with Gasteiger partial charge in [0, 0.05) is 5.56 Å². The summed E-state index contributed by atoms with van der Waals surface area (Å²) < 4.78 is 18.4. The molecule has 1 N–H and O–H groups in total. The minimum absolute atomic E-state index is 0.0901. The number of Topliss-reactive ketones (excluding diaryl/α,β-unsaturated/α-hetero) is 1. The summed E-state index contributed by atoms with van der Waals surface area (Å²) in [5.74, 6) is -3.29. The van der Waals surface area contributed by atoms with Crippen molar-refractivity contribution < 1.29 is 28.6 Å². The van der Waals surface area contributed by atoms with Gasteiger partial charge >= 0.3 is 11.9 Å². The summed E-state index contributed by atoms with van der Waals surface area (Å²) in [6.45, 7) is 3.47. The maximum Gasteiger partial charge on any atom is 0.350 e. The molecule has 33 heavy (non-hydrogen) atoms. The Morgan fingerprint density at radius 3 is 2.33 bits per heavy atom. The average molecular weight is 466 g/mol. The van der Waals surface area contributed by atoms with Gasteiger partial charge in [0.1, 0.15) is 16.5 Å². The predicted octanol–water partition coefficient (Wildman–Crippen LogP) is 4.31. The zero-order valence-corrected chi connectivity index (χ0v) is 18.8. The smallest absolute Gasteiger partial charge is 0.350 e. The number of hydrogen-bond donors (Lipinski definition) is 1. The lowest BCUT2D eigenvalue weighted by Gasteiger charge is -2.23. The number of amides is 1. The van der Waals surface area contributed by atoms with Crippen LogP contribution in [-0.4, -0.2) is 34.9 Å². The van der Waals surface area contributed by atoms with Crippen LogP contribution in [-0.2, 0) is 14.3 Å². The first kappa shape index (κ1) is 22.3. The molecule has 7 nitrogen and oxygen atoms in total. The maximum atomic E-state index is 13.6. The Balaban J connectivity index is 1.93. The number of hydrogen-bond acceptors (Lipinski definition) is 7. The Kier molecular flexibility index (Phi) is 5.82. The Morgan fingerprint density at radius 2 is 1.73 bits per heavy atom. The lowest BCUT2D eigenvalue weighted by atomic mass is 9.95. The standard InChI is InChI=1S/C24H19FN2O5S/c1-12-4-6-15(7-5-12)19(28)17-18(14-8-10-16(25)11-9-14)27(22(30)20(17)29)24-26-13(2)21(33-24)23(31)32-3/h4-11,18,28H,1-3H3/t18-/m1/s1. The monoisotopic (exact) mass is 466 g/mol. The van der Waals surface area contributed by atoms with Crippen molar-refractivity contribution in [1.82, 2.24) is 4.98 Å². The van der Waals surface area contributed by atoms with E-state index in [2.05, 4.69) is 4.98 Å². The van der Waals surface area contributed by atoms with Crippen molar-refractivity contribution in [2.75, 3.05) is 12.0 Å². The average Bonchev–Trinajstić information content (AvgIpc) is 3.31. The lowest BCUT2D eigenvalue weighted by molar-refractivity contribution is -0.132. The van der Waals surface area contributed by atoms with Crippen molar-refractivity contribution in [3.05, 3.63) is 87.2 Å². The molecule has 168 valence electrons. The number of esters is 1. The van der Waals surface area contributed by atoms with E-state index in [4.69, 9.17) is 4.74 Å². The number of anilines is 1. The van der Waals surface area contributed by atoms with Crippen LogP contribution in [0.2, 0.25) is 0 Å². The summed E-state index contributed by atoms with van der Waals surface area (Å²) in [4.78, 5) is 43.9. The molecule has 2 heterocycles. The van der Waals surface area contributed by atoms with Crippen LogP contribution < -0.4 is 4.90 Å². The summed E-state index contributed by atoms with van der Waals surface area (Å²) in [5, 5.41) is 11.1. The Labute approximate surface area is 192 Å². The number of aliphatic hydroxyl groups excluding tert-OH is 1. The van der Waals surface area contributed by atoms with E-state index < -0.39 is 29.5 Å². The number of methoxy groups -OCH3 is 1. The van der Waals surface area contributed by atoms with Crippen LogP contribution in [0.3, 0.4) is 0 Å². The highest BCUT2D eigenvalue weighted by atomic mass is 32.1. The van der Waals surface area contributed by atoms with E-state index in [1.807, 2.05) is 6.92 Å². The van der Waals surface area contributed by atoms with Crippen LogP contribution in [0, 0.1) is 19.7 Å². The zero-order valence-electron chi connectivity index (χ0n) is 18.0. The van der Waals surface area contributed by atoms with E-state index in [9.17, 15) is 23.9 Å². The number of ether oxygens (including phenoxy) is 1. The molecule has 9 heteroatoms. The van der Waals surface area contributed by atoms with E-state index in [-0.39, 0.29) is 21.3 Å². The van der Waals surface area contributed by atoms with E-state index >= 15 is 0 Å². The maximum absolute atomic E-state index is 13.6. The first-order chi connectivity index (χ1) is 15.7. The highest BCUT2D eigenvalue weighted by Crippen LogP contribution is 2.43. The van der Waals surface area contributed by atoms with Crippen molar-refractivity contribution in [2.24, 2.45) is 0 Å².